The zero-order valence-electron chi connectivity index (χ0n) is 14.5. The number of amidine groups is 1. The first-order chi connectivity index (χ1) is 12.4. The maximum absolute atomic E-state index is 12.1. The lowest BCUT2D eigenvalue weighted by molar-refractivity contribution is -0.121. The van der Waals surface area contributed by atoms with Gasteiger partial charge in [0.15, 0.2) is 6.61 Å². The van der Waals surface area contributed by atoms with Crippen LogP contribution in [0.2, 0.25) is 5.02 Å². The minimum absolute atomic E-state index is 0.0415. The molecule has 0 fully saturated rings. The third-order valence-corrected chi connectivity index (χ3v) is 4.44. The molecule has 134 valence electrons. The van der Waals surface area contributed by atoms with Crippen LogP contribution in [0.3, 0.4) is 0 Å². The first kappa shape index (κ1) is 17.9. The Morgan fingerprint density at radius 3 is 2.54 bits per heavy atom. The molecule has 2 amide bonds. The third kappa shape index (κ3) is 4.03. The number of carbonyl (C=O) groups is 2. The van der Waals surface area contributed by atoms with Crippen molar-refractivity contribution in [2.24, 2.45) is 5.10 Å². The highest BCUT2D eigenvalue weighted by molar-refractivity contribution is 6.32. The number of carbonyl (C=O) groups excluding carboxylic acids is 2. The van der Waals surface area contributed by atoms with E-state index in [4.69, 9.17) is 16.3 Å². The SMILES string of the molecule is Cc1cc(OCC(=O)NC2=NN(c3ccccc3)C(=O)C2)cc(C)c1Cl. The van der Waals surface area contributed by atoms with E-state index in [0.717, 1.165) is 11.1 Å². The number of benzene rings is 2. The van der Waals surface area contributed by atoms with Gasteiger partial charge in [0.05, 0.1) is 12.1 Å². The molecule has 1 aliphatic rings. The second kappa shape index (κ2) is 7.58. The number of para-hydroxylation sites is 1. The van der Waals surface area contributed by atoms with Crippen molar-refractivity contribution >= 4 is 34.9 Å². The van der Waals surface area contributed by atoms with Gasteiger partial charge < -0.3 is 10.1 Å². The van der Waals surface area contributed by atoms with E-state index in [1.807, 2.05) is 32.0 Å². The van der Waals surface area contributed by atoms with Gasteiger partial charge in [-0.2, -0.15) is 10.1 Å². The average molecular weight is 372 g/mol. The Balaban J connectivity index is 1.59. The maximum Gasteiger partial charge on any atom is 0.263 e. The van der Waals surface area contributed by atoms with Crippen LogP contribution in [0.1, 0.15) is 17.5 Å². The molecule has 0 bridgehead atoms. The zero-order chi connectivity index (χ0) is 18.7. The summed E-state index contributed by atoms with van der Waals surface area (Å²) in [5.74, 6) is 0.291. The Labute approximate surface area is 156 Å². The third-order valence-electron chi connectivity index (χ3n) is 3.84. The summed E-state index contributed by atoms with van der Waals surface area (Å²) in [4.78, 5) is 24.2. The van der Waals surface area contributed by atoms with Gasteiger partial charge in [-0.1, -0.05) is 29.8 Å². The molecular formula is C19H18ClN3O3. The van der Waals surface area contributed by atoms with Crippen LogP contribution in [-0.4, -0.2) is 24.3 Å². The number of amides is 2. The van der Waals surface area contributed by atoms with Gasteiger partial charge in [-0.3, -0.25) is 9.59 Å². The van der Waals surface area contributed by atoms with Gasteiger partial charge in [0.25, 0.3) is 11.8 Å². The van der Waals surface area contributed by atoms with Gasteiger partial charge in [0.1, 0.15) is 11.6 Å². The van der Waals surface area contributed by atoms with Crippen molar-refractivity contribution in [3.8, 4) is 5.75 Å². The molecule has 0 aromatic heterocycles. The summed E-state index contributed by atoms with van der Waals surface area (Å²) in [6.07, 6.45) is 0.0415. The molecule has 26 heavy (non-hydrogen) atoms. The second-order valence-electron chi connectivity index (χ2n) is 5.97. The van der Waals surface area contributed by atoms with Crippen LogP contribution in [0.25, 0.3) is 0 Å². The molecule has 0 atom stereocenters. The normalized spacial score (nSPS) is 13.6. The maximum atomic E-state index is 12.1. The van der Waals surface area contributed by atoms with E-state index >= 15 is 0 Å². The average Bonchev–Trinajstić information content (AvgIpc) is 2.98. The fourth-order valence-corrected chi connectivity index (χ4v) is 2.71. The van der Waals surface area contributed by atoms with Crippen LogP contribution in [0, 0.1) is 13.8 Å². The summed E-state index contributed by atoms with van der Waals surface area (Å²) >= 11 is 6.12. The van der Waals surface area contributed by atoms with Crippen molar-refractivity contribution in [1.82, 2.24) is 5.32 Å². The number of nitrogens with one attached hydrogen (secondary N) is 1. The largest absolute Gasteiger partial charge is 0.484 e. The Kier molecular flexibility index (Phi) is 5.23. The lowest BCUT2D eigenvalue weighted by atomic mass is 10.1. The van der Waals surface area contributed by atoms with E-state index in [1.165, 1.54) is 5.01 Å². The van der Waals surface area contributed by atoms with E-state index in [-0.39, 0.29) is 24.8 Å². The number of hydrazone groups is 1. The highest BCUT2D eigenvalue weighted by atomic mass is 35.5. The van der Waals surface area contributed by atoms with Crippen molar-refractivity contribution in [3.05, 3.63) is 58.6 Å². The number of aryl methyl sites for hydroxylation is 2. The van der Waals surface area contributed by atoms with Crippen LogP contribution in [-0.2, 0) is 9.59 Å². The van der Waals surface area contributed by atoms with Crippen LogP contribution in [0.5, 0.6) is 5.75 Å². The summed E-state index contributed by atoms with van der Waals surface area (Å²) in [5.41, 5.74) is 2.42. The van der Waals surface area contributed by atoms with Gasteiger partial charge in [-0.25, -0.2) is 0 Å². The summed E-state index contributed by atoms with van der Waals surface area (Å²) in [5, 5.41) is 8.75. The molecule has 7 heteroatoms. The summed E-state index contributed by atoms with van der Waals surface area (Å²) < 4.78 is 5.51. The topological polar surface area (TPSA) is 71.0 Å². The number of ether oxygens (including phenoxy) is 1. The number of halogens is 1. The minimum Gasteiger partial charge on any atom is -0.484 e. The molecule has 6 nitrogen and oxygen atoms in total. The van der Waals surface area contributed by atoms with Crippen LogP contribution in [0.4, 0.5) is 5.69 Å². The summed E-state index contributed by atoms with van der Waals surface area (Å²) in [6.45, 7) is 3.57. The molecule has 0 saturated heterocycles. The molecule has 3 rings (SSSR count). The Morgan fingerprint density at radius 2 is 1.88 bits per heavy atom. The fourth-order valence-electron chi connectivity index (χ4n) is 2.61. The Hall–Kier alpha value is -2.86. The predicted molar refractivity (Wildman–Crippen MR) is 101 cm³/mol. The van der Waals surface area contributed by atoms with Crippen molar-refractivity contribution < 1.29 is 14.3 Å². The van der Waals surface area contributed by atoms with Crippen LogP contribution >= 0.6 is 11.6 Å². The smallest absolute Gasteiger partial charge is 0.263 e. The van der Waals surface area contributed by atoms with Crippen LogP contribution < -0.4 is 15.1 Å². The van der Waals surface area contributed by atoms with Crippen molar-refractivity contribution in [2.45, 2.75) is 20.3 Å². The summed E-state index contributed by atoms with van der Waals surface area (Å²) in [6, 6.07) is 12.6. The van der Waals surface area contributed by atoms with Gasteiger partial charge in [0, 0.05) is 5.02 Å². The molecule has 1 heterocycles. The standard InChI is InChI=1S/C19H18ClN3O3/c1-12-8-15(9-13(2)19(12)20)26-11-17(24)21-16-10-18(25)23(22-16)14-6-4-3-5-7-14/h3-9H,10-11H2,1-2H3,(H,21,22,24). The lowest BCUT2D eigenvalue weighted by Crippen LogP contribution is -2.33. The zero-order valence-corrected chi connectivity index (χ0v) is 15.2. The number of nitrogens with zero attached hydrogens (tertiary/aromatic N) is 2. The molecule has 0 saturated carbocycles. The highest BCUT2D eigenvalue weighted by Gasteiger charge is 2.26. The number of rotatable bonds is 4. The van der Waals surface area contributed by atoms with Crippen molar-refractivity contribution in [1.29, 1.82) is 0 Å². The second-order valence-corrected chi connectivity index (χ2v) is 6.35. The lowest BCUT2D eigenvalue weighted by Gasteiger charge is -2.10. The van der Waals surface area contributed by atoms with Crippen molar-refractivity contribution in [3.63, 3.8) is 0 Å². The van der Waals surface area contributed by atoms with E-state index < -0.39 is 0 Å². The molecule has 0 radical (unpaired) electrons. The van der Waals surface area contributed by atoms with E-state index in [2.05, 4.69) is 10.4 Å². The van der Waals surface area contributed by atoms with Crippen LogP contribution in [0.15, 0.2) is 47.6 Å². The van der Waals surface area contributed by atoms with Gasteiger partial charge in [-0.05, 0) is 49.2 Å². The molecule has 0 spiro atoms. The van der Waals surface area contributed by atoms with E-state index in [9.17, 15) is 9.59 Å². The fraction of sp³-hybridized carbons (Fsp3) is 0.211. The molecule has 0 unspecified atom stereocenters. The van der Waals surface area contributed by atoms with Gasteiger partial charge >= 0.3 is 0 Å². The first-order valence-electron chi connectivity index (χ1n) is 8.09. The molecule has 2 aromatic carbocycles. The van der Waals surface area contributed by atoms with E-state index in [1.54, 1.807) is 24.3 Å². The minimum atomic E-state index is -0.378. The number of anilines is 1. The van der Waals surface area contributed by atoms with Gasteiger partial charge in [0.2, 0.25) is 0 Å². The summed E-state index contributed by atoms with van der Waals surface area (Å²) in [7, 11) is 0. The Bertz CT molecular complexity index is 858. The molecule has 1 aliphatic heterocycles. The monoisotopic (exact) mass is 371 g/mol. The molecule has 0 aliphatic carbocycles. The van der Waals surface area contributed by atoms with Gasteiger partial charge in [-0.15, -0.1) is 0 Å². The predicted octanol–water partition coefficient (Wildman–Crippen LogP) is 3.20. The molecular weight excluding hydrogens is 354 g/mol. The highest BCUT2D eigenvalue weighted by Crippen LogP contribution is 2.25. The Morgan fingerprint density at radius 1 is 1.23 bits per heavy atom. The first-order valence-corrected chi connectivity index (χ1v) is 8.46. The number of hydrogen-bond acceptors (Lipinski definition) is 4. The van der Waals surface area contributed by atoms with E-state index in [0.29, 0.717) is 22.3 Å². The molecule has 1 N–H and O–H groups in total. The molecule has 2 aromatic rings. The number of hydrogen-bond donors (Lipinski definition) is 1. The van der Waals surface area contributed by atoms with Crippen molar-refractivity contribution in [2.75, 3.05) is 11.6 Å². The quantitative estimate of drug-likeness (QED) is 0.897.